The van der Waals surface area contributed by atoms with Gasteiger partial charge in [0.2, 0.25) is 0 Å². The third-order valence-corrected chi connectivity index (χ3v) is 5.87. The van der Waals surface area contributed by atoms with Crippen LogP contribution >= 0.6 is 22.9 Å². The van der Waals surface area contributed by atoms with Gasteiger partial charge in [0.05, 0.1) is 13.2 Å². The number of hydrogen-bond donors (Lipinski definition) is 1. The fourth-order valence-electron chi connectivity index (χ4n) is 3.29. The van der Waals surface area contributed by atoms with E-state index in [-0.39, 0.29) is 22.1 Å². The van der Waals surface area contributed by atoms with Gasteiger partial charge in [-0.3, -0.25) is 4.90 Å². The Morgan fingerprint density at radius 3 is 2.67 bits per heavy atom. The number of benzene rings is 1. The summed E-state index contributed by atoms with van der Waals surface area (Å²) in [5, 5.41) is 3.61. The summed E-state index contributed by atoms with van der Waals surface area (Å²) in [5.74, 6) is -4.53. The molecule has 0 aliphatic carbocycles. The molecule has 3 rings (SSSR count). The SMILES string of the molecule is CCN1CCC(Nc2nc(Cl)c(C(=O)OC)s2)C1c1cc(F)c(F)c(F)c1. The molecule has 10 heteroatoms. The second kappa shape index (κ2) is 8.04. The highest BCUT2D eigenvalue weighted by atomic mass is 35.5. The van der Waals surface area contributed by atoms with E-state index in [0.29, 0.717) is 30.2 Å². The third kappa shape index (κ3) is 3.90. The van der Waals surface area contributed by atoms with E-state index in [1.807, 2.05) is 11.8 Å². The average molecular weight is 420 g/mol. The van der Waals surface area contributed by atoms with Crippen LogP contribution in [0.15, 0.2) is 12.1 Å². The normalized spacial score (nSPS) is 20.1. The second-order valence-electron chi connectivity index (χ2n) is 6.04. The van der Waals surface area contributed by atoms with Gasteiger partial charge >= 0.3 is 5.97 Å². The molecule has 1 fully saturated rings. The minimum Gasteiger partial charge on any atom is -0.465 e. The Hall–Kier alpha value is -1.84. The number of anilines is 1. The van der Waals surface area contributed by atoms with Gasteiger partial charge in [-0.1, -0.05) is 29.9 Å². The lowest BCUT2D eigenvalue weighted by Gasteiger charge is -2.28. The number of halogens is 4. The van der Waals surface area contributed by atoms with Crippen molar-refractivity contribution in [3.05, 3.63) is 45.2 Å². The van der Waals surface area contributed by atoms with E-state index in [2.05, 4.69) is 15.0 Å². The van der Waals surface area contributed by atoms with E-state index in [0.717, 1.165) is 23.5 Å². The Kier molecular flexibility index (Phi) is 5.92. The number of thiazole rings is 1. The number of esters is 1. The fraction of sp³-hybridized carbons (Fsp3) is 0.412. The van der Waals surface area contributed by atoms with E-state index >= 15 is 0 Å². The van der Waals surface area contributed by atoms with Crippen LogP contribution in [-0.4, -0.2) is 42.1 Å². The number of nitrogens with one attached hydrogen (secondary N) is 1. The van der Waals surface area contributed by atoms with E-state index in [1.54, 1.807) is 0 Å². The molecule has 2 heterocycles. The van der Waals surface area contributed by atoms with Crippen molar-refractivity contribution in [1.29, 1.82) is 0 Å². The summed E-state index contributed by atoms with van der Waals surface area (Å²) in [6.45, 7) is 3.26. The van der Waals surface area contributed by atoms with Gasteiger partial charge in [-0.15, -0.1) is 0 Å². The number of carbonyl (C=O) groups excluding carboxylic acids is 1. The molecular formula is C17H17ClF3N3O2S. The topological polar surface area (TPSA) is 54.5 Å². The highest BCUT2D eigenvalue weighted by molar-refractivity contribution is 7.18. The number of ether oxygens (including phenoxy) is 1. The van der Waals surface area contributed by atoms with Crippen molar-refractivity contribution in [2.75, 3.05) is 25.5 Å². The zero-order valence-corrected chi connectivity index (χ0v) is 16.1. The molecule has 1 saturated heterocycles. The molecule has 1 N–H and O–H groups in total. The van der Waals surface area contributed by atoms with E-state index in [1.165, 1.54) is 7.11 Å². The quantitative estimate of drug-likeness (QED) is 0.580. The Morgan fingerprint density at radius 2 is 2.07 bits per heavy atom. The highest BCUT2D eigenvalue weighted by Crippen LogP contribution is 2.37. The summed E-state index contributed by atoms with van der Waals surface area (Å²) in [6, 6.07) is 1.40. The van der Waals surface area contributed by atoms with Crippen molar-refractivity contribution < 1.29 is 22.7 Å². The van der Waals surface area contributed by atoms with E-state index < -0.39 is 23.4 Å². The van der Waals surface area contributed by atoms with Crippen molar-refractivity contribution in [2.24, 2.45) is 0 Å². The molecule has 0 saturated carbocycles. The average Bonchev–Trinajstić information content (AvgIpc) is 3.21. The monoisotopic (exact) mass is 419 g/mol. The Balaban J connectivity index is 1.90. The van der Waals surface area contributed by atoms with Crippen LogP contribution in [0.5, 0.6) is 0 Å². The first-order valence-electron chi connectivity index (χ1n) is 8.25. The summed E-state index contributed by atoms with van der Waals surface area (Å²) in [7, 11) is 1.25. The van der Waals surface area contributed by atoms with Crippen LogP contribution in [0.3, 0.4) is 0 Å². The first-order chi connectivity index (χ1) is 12.8. The minimum atomic E-state index is -1.49. The molecule has 2 unspecified atom stereocenters. The minimum absolute atomic E-state index is 0.0233. The van der Waals surface area contributed by atoms with Gasteiger partial charge in [0.1, 0.15) is 0 Å². The lowest BCUT2D eigenvalue weighted by Crippen LogP contribution is -2.31. The Bertz CT molecular complexity index is 841. The van der Waals surface area contributed by atoms with Crippen LogP contribution in [0.4, 0.5) is 18.3 Å². The number of carbonyl (C=O) groups is 1. The molecule has 0 spiro atoms. The third-order valence-electron chi connectivity index (χ3n) is 4.52. The summed E-state index contributed by atoms with van der Waals surface area (Å²) in [6.07, 6.45) is 0.671. The van der Waals surface area contributed by atoms with Gasteiger partial charge in [0.15, 0.2) is 32.6 Å². The smallest absolute Gasteiger partial charge is 0.351 e. The molecule has 27 heavy (non-hydrogen) atoms. The number of aromatic nitrogens is 1. The number of methoxy groups -OCH3 is 1. The zero-order chi connectivity index (χ0) is 19.7. The molecule has 2 atom stereocenters. The Labute approximate surface area is 163 Å². The van der Waals surface area contributed by atoms with Crippen LogP contribution in [0, 0.1) is 17.5 Å². The fourth-order valence-corrected chi connectivity index (χ4v) is 4.46. The van der Waals surface area contributed by atoms with Gasteiger partial charge in [0, 0.05) is 12.6 Å². The van der Waals surface area contributed by atoms with Crippen LogP contribution < -0.4 is 5.32 Å². The lowest BCUT2D eigenvalue weighted by atomic mass is 9.99. The van der Waals surface area contributed by atoms with Crippen molar-refractivity contribution in [3.8, 4) is 0 Å². The molecule has 5 nitrogen and oxygen atoms in total. The number of hydrogen-bond acceptors (Lipinski definition) is 6. The molecule has 1 aromatic carbocycles. The molecule has 0 bridgehead atoms. The van der Waals surface area contributed by atoms with E-state index in [4.69, 9.17) is 11.6 Å². The molecule has 1 aromatic heterocycles. The predicted octanol–water partition coefficient (Wildman–Crippen LogP) is 4.25. The summed E-state index contributed by atoms with van der Waals surface area (Å²) < 4.78 is 45.4. The van der Waals surface area contributed by atoms with Crippen molar-refractivity contribution in [1.82, 2.24) is 9.88 Å². The second-order valence-corrected chi connectivity index (χ2v) is 7.40. The van der Waals surface area contributed by atoms with Gasteiger partial charge in [-0.25, -0.2) is 22.9 Å². The summed E-state index contributed by atoms with van der Waals surface area (Å²) in [5.41, 5.74) is 0.332. The van der Waals surface area contributed by atoms with Gasteiger partial charge in [-0.05, 0) is 30.7 Å². The maximum absolute atomic E-state index is 13.7. The van der Waals surface area contributed by atoms with Crippen LogP contribution in [0.1, 0.15) is 34.6 Å². The van der Waals surface area contributed by atoms with Crippen LogP contribution in [0.2, 0.25) is 5.15 Å². The molecule has 0 amide bonds. The van der Waals surface area contributed by atoms with Crippen LogP contribution in [0.25, 0.3) is 0 Å². The predicted molar refractivity (Wildman–Crippen MR) is 96.8 cm³/mol. The number of likely N-dealkylation sites (N-methyl/N-ethyl adjacent to an activating group) is 1. The van der Waals surface area contributed by atoms with Crippen molar-refractivity contribution in [3.63, 3.8) is 0 Å². The highest BCUT2D eigenvalue weighted by Gasteiger charge is 2.36. The van der Waals surface area contributed by atoms with Crippen molar-refractivity contribution >= 4 is 34.0 Å². The molecular weight excluding hydrogens is 403 g/mol. The largest absolute Gasteiger partial charge is 0.465 e. The maximum atomic E-state index is 13.7. The molecule has 2 aromatic rings. The van der Waals surface area contributed by atoms with Gasteiger partial charge in [0.25, 0.3) is 0 Å². The summed E-state index contributed by atoms with van der Waals surface area (Å²) >= 11 is 7.02. The number of nitrogens with zero attached hydrogens (tertiary/aromatic N) is 2. The Morgan fingerprint density at radius 1 is 1.41 bits per heavy atom. The summed E-state index contributed by atoms with van der Waals surface area (Å²) in [4.78, 5) is 18.0. The first-order valence-corrected chi connectivity index (χ1v) is 9.44. The van der Waals surface area contributed by atoms with Crippen molar-refractivity contribution in [2.45, 2.75) is 25.4 Å². The molecule has 1 aliphatic rings. The van der Waals surface area contributed by atoms with E-state index in [9.17, 15) is 18.0 Å². The first kappa shape index (κ1) is 19.9. The zero-order valence-electron chi connectivity index (χ0n) is 14.6. The standard InChI is InChI=1S/C17H17ClF3N3O2S/c1-3-24-5-4-11(13(24)8-6-9(19)12(21)10(20)7-8)22-17-23-15(18)14(27-17)16(25)26-2/h6-7,11,13H,3-5H2,1-2H3,(H,22,23). The lowest BCUT2D eigenvalue weighted by molar-refractivity contribution is 0.0606. The maximum Gasteiger partial charge on any atom is 0.351 e. The van der Waals surface area contributed by atoms with Gasteiger partial charge < -0.3 is 10.1 Å². The molecule has 146 valence electrons. The number of likely N-dealkylation sites (tertiary alicyclic amines) is 1. The molecule has 0 radical (unpaired) electrons. The van der Waals surface area contributed by atoms with Gasteiger partial charge in [-0.2, -0.15) is 0 Å². The molecule has 1 aliphatic heterocycles. The van der Waals surface area contributed by atoms with Crippen LogP contribution in [-0.2, 0) is 4.74 Å². The number of rotatable bonds is 5.